The van der Waals surface area contributed by atoms with Crippen LogP contribution in [0.25, 0.3) is 0 Å². The van der Waals surface area contributed by atoms with Crippen LogP contribution in [0.5, 0.6) is 0 Å². The van der Waals surface area contributed by atoms with Gasteiger partial charge in [0, 0.05) is 6.04 Å². The van der Waals surface area contributed by atoms with E-state index in [1.165, 1.54) is 0 Å². The molecule has 0 saturated carbocycles. The van der Waals surface area contributed by atoms with Crippen molar-refractivity contribution in [2.75, 3.05) is 13.6 Å². The van der Waals surface area contributed by atoms with E-state index in [2.05, 4.69) is 4.90 Å². The summed E-state index contributed by atoms with van der Waals surface area (Å²) in [6, 6.07) is 2.20. The molecule has 0 bridgehead atoms. The van der Waals surface area contributed by atoms with Gasteiger partial charge in [-0.05, 0) is 44.1 Å². The summed E-state index contributed by atoms with van der Waals surface area (Å²) in [6.07, 6.45) is 3.00. The Morgan fingerprint density at radius 3 is 2.31 bits per heavy atom. The molecule has 88 valence electrons. The molecule has 1 aromatic rings. The Bertz CT molecular complexity index is 369. The number of rotatable bonds is 1. The number of hydrogen-bond donors (Lipinski definition) is 0. The first-order valence-corrected chi connectivity index (χ1v) is 5.44. The van der Waals surface area contributed by atoms with Crippen molar-refractivity contribution in [3.8, 4) is 0 Å². The van der Waals surface area contributed by atoms with Crippen LogP contribution in [0.2, 0.25) is 0 Å². The number of benzene rings is 1. The highest BCUT2D eigenvalue weighted by Gasteiger charge is 2.23. The van der Waals surface area contributed by atoms with Gasteiger partial charge in [0.15, 0.2) is 17.5 Å². The molecule has 1 atom stereocenters. The molecule has 1 fully saturated rings. The Labute approximate surface area is 92.9 Å². The van der Waals surface area contributed by atoms with Gasteiger partial charge in [-0.25, -0.2) is 13.2 Å². The van der Waals surface area contributed by atoms with Crippen molar-refractivity contribution in [3.05, 3.63) is 35.1 Å². The number of piperidine rings is 1. The van der Waals surface area contributed by atoms with Crippen LogP contribution in [-0.2, 0) is 0 Å². The first-order valence-electron chi connectivity index (χ1n) is 5.44. The third-order valence-electron chi connectivity index (χ3n) is 3.16. The number of hydrogen-bond acceptors (Lipinski definition) is 1. The highest BCUT2D eigenvalue weighted by atomic mass is 19.2. The van der Waals surface area contributed by atoms with E-state index in [-0.39, 0.29) is 6.04 Å². The SMILES string of the molecule is CN1CCCC[C@@H]1c1cc(F)c(F)c(F)c1. The van der Waals surface area contributed by atoms with Gasteiger partial charge in [0.1, 0.15) is 0 Å². The molecule has 0 aliphatic carbocycles. The molecule has 1 nitrogen and oxygen atoms in total. The molecule has 1 aliphatic rings. The molecule has 4 heteroatoms. The summed E-state index contributed by atoms with van der Waals surface area (Å²) < 4.78 is 39.0. The molecule has 2 rings (SSSR count). The maximum absolute atomic E-state index is 13.1. The first kappa shape index (κ1) is 11.5. The van der Waals surface area contributed by atoms with Crippen molar-refractivity contribution >= 4 is 0 Å². The minimum atomic E-state index is -1.39. The van der Waals surface area contributed by atoms with E-state index >= 15 is 0 Å². The summed E-state index contributed by atoms with van der Waals surface area (Å²) in [7, 11) is 1.92. The van der Waals surface area contributed by atoms with E-state index in [4.69, 9.17) is 0 Å². The summed E-state index contributed by atoms with van der Waals surface area (Å²) in [5.74, 6) is -3.59. The lowest BCUT2D eigenvalue weighted by Crippen LogP contribution is -2.29. The highest BCUT2D eigenvalue weighted by Crippen LogP contribution is 2.30. The van der Waals surface area contributed by atoms with Gasteiger partial charge in [-0.1, -0.05) is 6.42 Å². The molecule has 1 aliphatic heterocycles. The van der Waals surface area contributed by atoms with Crippen LogP contribution in [0.3, 0.4) is 0 Å². The van der Waals surface area contributed by atoms with E-state index in [0.717, 1.165) is 37.9 Å². The summed E-state index contributed by atoms with van der Waals surface area (Å²) in [5.41, 5.74) is 0.526. The first-order chi connectivity index (χ1) is 7.59. The summed E-state index contributed by atoms with van der Waals surface area (Å²) in [4.78, 5) is 2.05. The van der Waals surface area contributed by atoms with Crippen LogP contribution >= 0.6 is 0 Å². The maximum atomic E-state index is 13.1. The monoisotopic (exact) mass is 229 g/mol. The lowest BCUT2D eigenvalue weighted by atomic mass is 9.95. The molecule has 16 heavy (non-hydrogen) atoms. The topological polar surface area (TPSA) is 3.24 Å². The fourth-order valence-electron chi connectivity index (χ4n) is 2.26. The van der Waals surface area contributed by atoms with Gasteiger partial charge in [-0.2, -0.15) is 0 Å². The van der Waals surface area contributed by atoms with Crippen molar-refractivity contribution in [1.82, 2.24) is 4.90 Å². The molecule has 0 spiro atoms. The smallest absolute Gasteiger partial charge is 0.194 e. The Kier molecular flexibility index (Phi) is 3.19. The van der Waals surface area contributed by atoms with Gasteiger partial charge in [0.2, 0.25) is 0 Å². The van der Waals surface area contributed by atoms with Gasteiger partial charge in [-0.15, -0.1) is 0 Å². The van der Waals surface area contributed by atoms with E-state index in [9.17, 15) is 13.2 Å². The summed E-state index contributed by atoms with van der Waals surface area (Å²) in [5, 5.41) is 0. The van der Waals surface area contributed by atoms with Crippen LogP contribution in [0.15, 0.2) is 12.1 Å². The van der Waals surface area contributed by atoms with Gasteiger partial charge < -0.3 is 0 Å². The normalized spacial score (nSPS) is 22.4. The molecule has 0 amide bonds. The van der Waals surface area contributed by atoms with Crippen LogP contribution in [0.1, 0.15) is 30.9 Å². The Morgan fingerprint density at radius 1 is 1.12 bits per heavy atom. The second kappa shape index (κ2) is 4.45. The predicted octanol–water partition coefficient (Wildman–Crippen LogP) is 3.26. The zero-order chi connectivity index (χ0) is 11.7. The minimum Gasteiger partial charge on any atom is -0.299 e. The lowest BCUT2D eigenvalue weighted by molar-refractivity contribution is 0.186. The third-order valence-corrected chi connectivity index (χ3v) is 3.16. The molecular weight excluding hydrogens is 215 g/mol. The summed E-state index contributed by atoms with van der Waals surface area (Å²) in [6.45, 7) is 0.908. The van der Waals surface area contributed by atoms with Crippen molar-refractivity contribution < 1.29 is 13.2 Å². The fraction of sp³-hybridized carbons (Fsp3) is 0.500. The number of nitrogens with zero attached hydrogens (tertiary/aromatic N) is 1. The zero-order valence-electron chi connectivity index (χ0n) is 9.14. The van der Waals surface area contributed by atoms with Crippen molar-refractivity contribution in [1.29, 1.82) is 0 Å². The average Bonchev–Trinajstić information content (AvgIpc) is 2.26. The largest absolute Gasteiger partial charge is 0.299 e. The van der Waals surface area contributed by atoms with Gasteiger partial charge in [-0.3, -0.25) is 4.90 Å². The van der Waals surface area contributed by atoms with Crippen LogP contribution in [0, 0.1) is 17.5 Å². The molecular formula is C12H14F3N. The van der Waals surface area contributed by atoms with Crippen LogP contribution in [-0.4, -0.2) is 18.5 Å². The van der Waals surface area contributed by atoms with E-state index in [1.54, 1.807) is 0 Å². The highest BCUT2D eigenvalue weighted by molar-refractivity contribution is 5.23. The maximum Gasteiger partial charge on any atom is 0.194 e. The molecule has 0 aromatic heterocycles. The molecule has 1 saturated heterocycles. The number of halogens is 3. The summed E-state index contributed by atoms with van der Waals surface area (Å²) >= 11 is 0. The van der Waals surface area contributed by atoms with E-state index in [1.807, 2.05) is 7.05 Å². The van der Waals surface area contributed by atoms with Crippen LogP contribution in [0.4, 0.5) is 13.2 Å². The predicted molar refractivity (Wildman–Crippen MR) is 55.5 cm³/mol. The second-order valence-corrected chi connectivity index (χ2v) is 4.29. The average molecular weight is 229 g/mol. The van der Waals surface area contributed by atoms with Gasteiger partial charge in [0.25, 0.3) is 0 Å². The molecule has 0 radical (unpaired) electrons. The third kappa shape index (κ3) is 2.07. The van der Waals surface area contributed by atoms with Crippen LogP contribution < -0.4 is 0 Å². The van der Waals surface area contributed by atoms with E-state index in [0.29, 0.717) is 5.56 Å². The zero-order valence-corrected chi connectivity index (χ0v) is 9.14. The number of likely N-dealkylation sites (tertiary alicyclic amines) is 1. The van der Waals surface area contributed by atoms with Gasteiger partial charge in [0.05, 0.1) is 0 Å². The minimum absolute atomic E-state index is 0.00153. The molecule has 1 heterocycles. The Hall–Kier alpha value is -1.03. The Balaban J connectivity index is 2.32. The Morgan fingerprint density at radius 2 is 1.75 bits per heavy atom. The molecule has 0 unspecified atom stereocenters. The lowest BCUT2D eigenvalue weighted by Gasteiger charge is -2.32. The quantitative estimate of drug-likeness (QED) is 0.668. The standard InChI is InChI=1S/C12H14F3N/c1-16-5-3-2-4-11(16)8-6-9(13)12(15)10(14)7-8/h6-7,11H,2-5H2,1H3/t11-/m1/s1. The fourth-order valence-corrected chi connectivity index (χ4v) is 2.26. The second-order valence-electron chi connectivity index (χ2n) is 4.29. The molecule has 1 aromatic carbocycles. The van der Waals surface area contributed by atoms with Gasteiger partial charge >= 0.3 is 0 Å². The molecule has 0 N–H and O–H groups in total. The van der Waals surface area contributed by atoms with Crippen molar-refractivity contribution in [2.24, 2.45) is 0 Å². The van der Waals surface area contributed by atoms with Crippen molar-refractivity contribution in [2.45, 2.75) is 25.3 Å². The van der Waals surface area contributed by atoms with E-state index < -0.39 is 17.5 Å². The van der Waals surface area contributed by atoms with Crippen molar-refractivity contribution in [3.63, 3.8) is 0 Å².